The van der Waals surface area contributed by atoms with Crippen molar-refractivity contribution < 1.29 is 24.2 Å². The van der Waals surface area contributed by atoms with Crippen molar-refractivity contribution in [3.8, 4) is 23.3 Å². The summed E-state index contributed by atoms with van der Waals surface area (Å²) < 4.78 is 12.4. The van der Waals surface area contributed by atoms with Crippen molar-refractivity contribution in [2.45, 2.75) is 20.4 Å². The molecule has 8 nitrogen and oxygen atoms in total. The standard InChI is InChI=1S/C26H25N3O5/c1-16-10-20(17(2)29(16)22-7-5-6-18(12-22)26(31)32)11-21(14-27)25(30)28-15-19-8-9-23(33-3)13-24(19)34-4/h5-13H,15H2,1-4H3,(H,28,30)(H,31,32)/b21-11+. The molecule has 0 saturated heterocycles. The Bertz CT molecular complexity index is 1310. The number of carbonyl (C=O) groups is 2. The molecule has 0 unspecified atom stereocenters. The summed E-state index contributed by atoms with van der Waals surface area (Å²) >= 11 is 0. The average Bonchev–Trinajstić information content (AvgIpc) is 3.13. The molecule has 2 aromatic carbocycles. The fourth-order valence-corrected chi connectivity index (χ4v) is 3.68. The molecule has 3 rings (SSSR count). The molecule has 0 aliphatic rings. The second-order valence-electron chi connectivity index (χ2n) is 7.55. The van der Waals surface area contributed by atoms with Gasteiger partial charge in [0.15, 0.2) is 0 Å². The molecule has 174 valence electrons. The number of aromatic carboxylic acids is 1. The van der Waals surface area contributed by atoms with Crippen LogP contribution in [-0.4, -0.2) is 35.8 Å². The highest BCUT2D eigenvalue weighted by molar-refractivity contribution is 6.01. The van der Waals surface area contributed by atoms with Crippen molar-refractivity contribution in [1.82, 2.24) is 9.88 Å². The first kappa shape index (κ1) is 24.1. The van der Waals surface area contributed by atoms with E-state index in [-0.39, 0.29) is 17.7 Å². The first-order chi connectivity index (χ1) is 16.3. The van der Waals surface area contributed by atoms with Crippen LogP contribution in [0.5, 0.6) is 11.5 Å². The number of carboxylic acid groups (broad SMARTS) is 1. The molecule has 0 saturated carbocycles. The second-order valence-corrected chi connectivity index (χ2v) is 7.55. The lowest BCUT2D eigenvalue weighted by Crippen LogP contribution is -2.24. The molecule has 8 heteroatoms. The zero-order valence-corrected chi connectivity index (χ0v) is 19.4. The first-order valence-electron chi connectivity index (χ1n) is 10.4. The van der Waals surface area contributed by atoms with Crippen LogP contribution in [0, 0.1) is 25.2 Å². The van der Waals surface area contributed by atoms with Gasteiger partial charge in [-0.3, -0.25) is 4.79 Å². The highest BCUT2D eigenvalue weighted by Gasteiger charge is 2.15. The number of aromatic nitrogens is 1. The molecule has 2 N–H and O–H groups in total. The summed E-state index contributed by atoms with van der Waals surface area (Å²) in [6, 6.07) is 15.7. The summed E-state index contributed by atoms with van der Waals surface area (Å²) in [5, 5.41) is 21.7. The van der Waals surface area contributed by atoms with Crippen LogP contribution in [0.25, 0.3) is 11.8 Å². The molecular formula is C26H25N3O5. The first-order valence-corrected chi connectivity index (χ1v) is 10.4. The fraction of sp³-hybridized carbons (Fsp3) is 0.192. The monoisotopic (exact) mass is 459 g/mol. The van der Waals surface area contributed by atoms with Gasteiger partial charge in [0.05, 0.1) is 19.8 Å². The van der Waals surface area contributed by atoms with Crippen LogP contribution in [0.15, 0.2) is 54.1 Å². The van der Waals surface area contributed by atoms with E-state index in [0.717, 1.165) is 17.0 Å². The third kappa shape index (κ3) is 5.10. The predicted molar refractivity (Wildman–Crippen MR) is 127 cm³/mol. The number of aryl methyl sites for hydroxylation is 1. The summed E-state index contributed by atoms with van der Waals surface area (Å²) in [6.07, 6.45) is 1.53. The molecule has 1 aromatic heterocycles. The van der Waals surface area contributed by atoms with Crippen LogP contribution in [-0.2, 0) is 11.3 Å². The van der Waals surface area contributed by atoms with E-state index in [1.807, 2.05) is 30.6 Å². The Morgan fingerprint density at radius 1 is 1.12 bits per heavy atom. The third-order valence-electron chi connectivity index (χ3n) is 5.42. The van der Waals surface area contributed by atoms with Gasteiger partial charge in [0.2, 0.25) is 0 Å². The van der Waals surface area contributed by atoms with Gasteiger partial charge >= 0.3 is 5.97 Å². The molecule has 0 bridgehead atoms. The van der Waals surface area contributed by atoms with Gasteiger partial charge < -0.3 is 24.5 Å². The Labute approximate surface area is 197 Å². The molecule has 0 fully saturated rings. The summed E-state index contributed by atoms with van der Waals surface area (Å²) in [5.41, 5.74) is 3.85. The molecule has 0 spiro atoms. The third-order valence-corrected chi connectivity index (χ3v) is 5.42. The molecule has 1 heterocycles. The zero-order valence-electron chi connectivity index (χ0n) is 19.4. The van der Waals surface area contributed by atoms with E-state index in [1.54, 1.807) is 43.5 Å². The van der Waals surface area contributed by atoms with Crippen LogP contribution in [0.3, 0.4) is 0 Å². The van der Waals surface area contributed by atoms with Gasteiger partial charge in [-0.2, -0.15) is 5.26 Å². The quantitative estimate of drug-likeness (QED) is 0.388. The molecular weight excluding hydrogens is 434 g/mol. The van der Waals surface area contributed by atoms with E-state index in [4.69, 9.17) is 9.47 Å². The largest absolute Gasteiger partial charge is 0.497 e. The predicted octanol–water partition coefficient (Wildman–Crippen LogP) is 4.03. The van der Waals surface area contributed by atoms with E-state index in [9.17, 15) is 20.0 Å². The van der Waals surface area contributed by atoms with Crippen LogP contribution in [0.2, 0.25) is 0 Å². The van der Waals surface area contributed by atoms with Crippen molar-refractivity contribution in [2.75, 3.05) is 14.2 Å². The lowest BCUT2D eigenvalue weighted by atomic mass is 10.1. The molecule has 0 aliphatic carbocycles. The minimum Gasteiger partial charge on any atom is -0.497 e. The normalized spacial score (nSPS) is 11.0. The highest BCUT2D eigenvalue weighted by atomic mass is 16.5. The lowest BCUT2D eigenvalue weighted by molar-refractivity contribution is -0.117. The molecule has 0 aliphatic heterocycles. The Morgan fingerprint density at radius 2 is 1.88 bits per heavy atom. The number of rotatable bonds is 8. The number of nitrogens with one attached hydrogen (secondary N) is 1. The van der Waals surface area contributed by atoms with Crippen molar-refractivity contribution >= 4 is 18.0 Å². The van der Waals surface area contributed by atoms with E-state index in [1.165, 1.54) is 19.3 Å². The maximum atomic E-state index is 12.7. The van der Waals surface area contributed by atoms with Gasteiger partial charge in [0, 0.05) is 35.2 Å². The van der Waals surface area contributed by atoms with E-state index in [0.29, 0.717) is 22.7 Å². The SMILES string of the molecule is COc1ccc(CNC(=O)/C(C#N)=C/c2cc(C)n(-c3cccc(C(=O)O)c3)c2C)c(OC)c1. The number of amides is 1. The number of methoxy groups -OCH3 is 2. The average molecular weight is 460 g/mol. The number of ether oxygens (including phenoxy) is 2. The number of nitriles is 1. The van der Waals surface area contributed by atoms with Gasteiger partial charge in [-0.05, 0) is 61.9 Å². The number of hydrogen-bond donors (Lipinski definition) is 2. The minimum absolute atomic E-state index is 0.0491. The Balaban J connectivity index is 1.85. The lowest BCUT2D eigenvalue weighted by Gasteiger charge is -2.11. The second kappa shape index (κ2) is 10.4. The van der Waals surface area contributed by atoms with E-state index in [2.05, 4.69) is 5.32 Å². The number of nitrogens with zero attached hydrogens (tertiary/aromatic N) is 2. The summed E-state index contributed by atoms with van der Waals surface area (Å²) in [4.78, 5) is 24.1. The van der Waals surface area contributed by atoms with Crippen molar-refractivity contribution in [2.24, 2.45) is 0 Å². The number of carboxylic acids is 1. The van der Waals surface area contributed by atoms with Gasteiger partial charge in [-0.1, -0.05) is 6.07 Å². The van der Waals surface area contributed by atoms with Crippen molar-refractivity contribution in [1.29, 1.82) is 5.26 Å². The van der Waals surface area contributed by atoms with E-state index < -0.39 is 11.9 Å². The van der Waals surface area contributed by atoms with Gasteiger partial charge in [-0.25, -0.2) is 4.79 Å². The molecule has 34 heavy (non-hydrogen) atoms. The summed E-state index contributed by atoms with van der Waals surface area (Å²) in [5.74, 6) is -0.331. The van der Waals surface area contributed by atoms with Crippen molar-refractivity contribution in [3.05, 3.63) is 82.2 Å². The maximum Gasteiger partial charge on any atom is 0.335 e. The summed E-state index contributed by atoms with van der Waals surface area (Å²) in [6.45, 7) is 3.90. The van der Waals surface area contributed by atoms with E-state index >= 15 is 0 Å². The smallest absolute Gasteiger partial charge is 0.335 e. The molecule has 3 aromatic rings. The number of hydrogen-bond acceptors (Lipinski definition) is 5. The number of carbonyl (C=O) groups excluding carboxylic acids is 1. The minimum atomic E-state index is -1.01. The topological polar surface area (TPSA) is 114 Å². The van der Waals surface area contributed by atoms with Crippen LogP contribution < -0.4 is 14.8 Å². The number of benzene rings is 2. The molecule has 0 atom stereocenters. The Kier molecular flexibility index (Phi) is 7.39. The molecule has 0 radical (unpaired) electrons. The Hall–Kier alpha value is -4.51. The van der Waals surface area contributed by atoms with Crippen LogP contribution in [0.1, 0.15) is 32.9 Å². The maximum absolute atomic E-state index is 12.7. The zero-order chi connectivity index (χ0) is 24.8. The van der Waals surface area contributed by atoms with Crippen molar-refractivity contribution in [3.63, 3.8) is 0 Å². The van der Waals surface area contributed by atoms with Crippen LogP contribution in [0.4, 0.5) is 0 Å². The van der Waals surface area contributed by atoms with Gasteiger partial charge in [0.25, 0.3) is 5.91 Å². The van der Waals surface area contributed by atoms with Crippen LogP contribution >= 0.6 is 0 Å². The van der Waals surface area contributed by atoms with Gasteiger partial charge in [-0.15, -0.1) is 0 Å². The van der Waals surface area contributed by atoms with Gasteiger partial charge in [0.1, 0.15) is 23.1 Å². The fourth-order valence-electron chi connectivity index (χ4n) is 3.68. The highest BCUT2D eigenvalue weighted by Crippen LogP contribution is 2.25. The Morgan fingerprint density at radius 3 is 2.53 bits per heavy atom. The molecule has 1 amide bonds. The summed E-state index contributed by atoms with van der Waals surface area (Å²) in [7, 11) is 3.09.